The van der Waals surface area contributed by atoms with Crippen LogP contribution in [0.2, 0.25) is 0 Å². The van der Waals surface area contributed by atoms with Gasteiger partial charge in [0.25, 0.3) is 5.91 Å². The molecule has 2 heterocycles. The predicted molar refractivity (Wildman–Crippen MR) is 87.8 cm³/mol. The molecular weight excluding hydrogens is 274 g/mol. The molecule has 1 atom stereocenters. The maximum absolute atomic E-state index is 12.7. The fraction of sp³-hybridized carbons (Fsp3) is 0.333. The average molecular weight is 295 g/mol. The van der Waals surface area contributed by atoms with Gasteiger partial charge in [-0.05, 0) is 26.0 Å². The van der Waals surface area contributed by atoms with Crippen molar-refractivity contribution >= 4 is 5.91 Å². The number of pyridine rings is 1. The number of hydrogen-bond donors (Lipinski definition) is 1. The zero-order valence-electron chi connectivity index (χ0n) is 13.0. The molecule has 0 unspecified atom stereocenters. The summed E-state index contributed by atoms with van der Waals surface area (Å²) in [5.41, 5.74) is 3.47. The molecule has 1 aromatic carbocycles. The highest BCUT2D eigenvalue weighted by Gasteiger charge is 2.25. The number of carbonyl (C=O) groups excluding carboxylic acids is 1. The molecule has 22 heavy (non-hydrogen) atoms. The number of rotatable bonds is 2. The number of nitrogens with zero attached hydrogens (tertiary/aromatic N) is 2. The molecule has 0 spiro atoms. The van der Waals surface area contributed by atoms with Crippen LogP contribution in [0.4, 0.5) is 0 Å². The van der Waals surface area contributed by atoms with Crippen molar-refractivity contribution < 1.29 is 4.79 Å². The molecule has 1 aliphatic heterocycles. The highest BCUT2D eigenvalue weighted by molar-refractivity contribution is 5.95. The fourth-order valence-electron chi connectivity index (χ4n) is 2.85. The summed E-state index contributed by atoms with van der Waals surface area (Å²) >= 11 is 0. The summed E-state index contributed by atoms with van der Waals surface area (Å²) in [6, 6.07) is 14.1. The van der Waals surface area contributed by atoms with Crippen LogP contribution in [0.15, 0.2) is 42.5 Å². The molecule has 4 nitrogen and oxygen atoms in total. The molecular formula is C18H21N3O. The Morgan fingerprint density at radius 3 is 2.68 bits per heavy atom. The van der Waals surface area contributed by atoms with E-state index < -0.39 is 0 Å². The van der Waals surface area contributed by atoms with Crippen molar-refractivity contribution in [2.24, 2.45) is 0 Å². The van der Waals surface area contributed by atoms with Crippen LogP contribution < -0.4 is 5.32 Å². The molecule has 1 aliphatic rings. The third kappa shape index (κ3) is 2.88. The maximum Gasteiger partial charge on any atom is 0.256 e. The second-order valence-electron chi connectivity index (χ2n) is 5.75. The molecule has 0 saturated carbocycles. The molecule has 0 bridgehead atoms. The van der Waals surface area contributed by atoms with Gasteiger partial charge in [-0.25, -0.2) is 0 Å². The van der Waals surface area contributed by atoms with Crippen molar-refractivity contribution in [3.8, 4) is 11.3 Å². The Bertz CT molecular complexity index is 669. The number of benzene rings is 1. The zero-order valence-corrected chi connectivity index (χ0v) is 13.0. The number of aromatic nitrogens is 1. The minimum Gasteiger partial charge on any atom is -0.333 e. The van der Waals surface area contributed by atoms with E-state index in [1.54, 1.807) is 0 Å². The van der Waals surface area contributed by atoms with Crippen molar-refractivity contribution in [2.75, 3.05) is 19.6 Å². The van der Waals surface area contributed by atoms with Gasteiger partial charge in [0.05, 0.1) is 17.0 Å². The highest BCUT2D eigenvalue weighted by atomic mass is 16.2. The lowest BCUT2D eigenvalue weighted by atomic mass is 10.1. The second-order valence-corrected chi connectivity index (χ2v) is 5.75. The Labute approximate surface area is 131 Å². The van der Waals surface area contributed by atoms with Crippen LogP contribution >= 0.6 is 0 Å². The lowest BCUT2D eigenvalue weighted by Crippen LogP contribution is -2.52. The summed E-state index contributed by atoms with van der Waals surface area (Å²) in [6.07, 6.45) is 0. The van der Waals surface area contributed by atoms with Gasteiger partial charge in [0.2, 0.25) is 0 Å². The van der Waals surface area contributed by atoms with Crippen LogP contribution in [0.1, 0.15) is 23.0 Å². The summed E-state index contributed by atoms with van der Waals surface area (Å²) in [5, 5.41) is 3.31. The van der Waals surface area contributed by atoms with Gasteiger partial charge < -0.3 is 10.2 Å². The van der Waals surface area contributed by atoms with E-state index in [9.17, 15) is 4.79 Å². The van der Waals surface area contributed by atoms with Crippen molar-refractivity contribution in [2.45, 2.75) is 19.9 Å². The first-order valence-corrected chi connectivity index (χ1v) is 7.71. The third-order valence-corrected chi connectivity index (χ3v) is 4.15. The number of aryl methyl sites for hydroxylation is 1. The molecule has 1 saturated heterocycles. The van der Waals surface area contributed by atoms with Crippen LogP contribution in [-0.4, -0.2) is 41.5 Å². The van der Waals surface area contributed by atoms with Crippen molar-refractivity contribution in [1.82, 2.24) is 15.2 Å². The highest BCUT2D eigenvalue weighted by Crippen LogP contribution is 2.20. The Kier molecular flexibility index (Phi) is 4.20. The first kappa shape index (κ1) is 14.7. The van der Waals surface area contributed by atoms with Crippen LogP contribution in [0, 0.1) is 6.92 Å². The van der Waals surface area contributed by atoms with Crippen LogP contribution in [0.25, 0.3) is 11.3 Å². The van der Waals surface area contributed by atoms with Gasteiger partial charge >= 0.3 is 0 Å². The minimum absolute atomic E-state index is 0.0820. The molecule has 4 heteroatoms. The Morgan fingerprint density at radius 2 is 2.00 bits per heavy atom. The van der Waals surface area contributed by atoms with E-state index in [-0.39, 0.29) is 11.9 Å². The lowest BCUT2D eigenvalue weighted by Gasteiger charge is -2.34. The van der Waals surface area contributed by atoms with Crippen LogP contribution in [0.5, 0.6) is 0 Å². The van der Waals surface area contributed by atoms with Gasteiger partial charge in [0.1, 0.15) is 0 Å². The van der Waals surface area contributed by atoms with E-state index in [0.717, 1.165) is 36.6 Å². The summed E-state index contributed by atoms with van der Waals surface area (Å²) in [7, 11) is 0. The van der Waals surface area contributed by atoms with Crippen molar-refractivity contribution in [3.05, 3.63) is 53.7 Å². The first-order valence-electron chi connectivity index (χ1n) is 7.71. The number of hydrogen-bond acceptors (Lipinski definition) is 3. The SMILES string of the molecule is Cc1nc(-c2ccccc2)ccc1C(=O)N1CCNC[C@H]1C. The van der Waals surface area contributed by atoms with Gasteiger partial charge in [-0.2, -0.15) is 0 Å². The van der Waals surface area contributed by atoms with Gasteiger partial charge in [-0.15, -0.1) is 0 Å². The van der Waals surface area contributed by atoms with E-state index in [2.05, 4.69) is 17.2 Å². The normalized spacial score (nSPS) is 18.3. The first-order chi connectivity index (χ1) is 10.7. The van der Waals surface area contributed by atoms with Crippen LogP contribution in [0.3, 0.4) is 0 Å². The van der Waals surface area contributed by atoms with Gasteiger partial charge in [-0.3, -0.25) is 9.78 Å². The Balaban J connectivity index is 1.87. The standard InChI is InChI=1S/C18H21N3O/c1-13-12-19-10-11-21(13)18(22)16-8-9-17(20-14(16)2)15-6-4-3-5-7-15/h3-9,13,19H,10-12H2,1-2H3/t13-/m1/s1. The molecule has 1 aromatic heterocycles. The molecule has 0 aliphatic carbocycles. The topological polar surface area (TPSA) is 45.2 Å². The van der Waals surface area contributed by atoms with Gasteiger partial charge in [-0.1, -0.05) is 30.3 Å². The molecule has 1 fully saturated rings. The zero-order chi connectivity index (χ0) is 15.5. The monoisotopic (exact) mass is 295 g/mol. The summed E-state index contributed by atoms with van der Waals surface area (Å²) < 4.78 is 0. The molecule has 114 valence electrons. The van der Waals surface area contributed by atoms with Gasteiger partial charge in [0, 0.05) is 31.2 Å². The predicted octanol–water partition coefficient (Wildman–Crippen LogP) is 2.49. The van der Waals surface area contributed by atoms with Gasteiger partial charge in [0.15, 0.2) is 0 Å². The van der Waals surface area contributed by atoms with E-state index in [4.69, 9.17) is 0 Å². The summed E-state index contributed by atoms with van der Waals surface area (Å²) in [6.45, 7) is 6.43. The summed E-state index contributed by atoms with van der Waals surface area (Å²) in [4.78, 5) is 19.3. The number of carbonyl (C=O) groups is 1. The quantitative estimate of drug-likeness (QED) is 0.926. The van der Waals surface area contributed by atoms with E-state index in [0.29, 0.717) is 5.56 Å². The summed E-state index contributed by atoms with van der Waals surface area (Å²) in [5.74, 6) is 0.0820. The number of nitrogens with one attached hydrogen (secondary N) is 1. The second kappa shape index (κ2) is 6.28. The van der Waals surface area contributed by atoms with Crippen molar-refractivity contribution in [3.63, 3.8) is 0 Å². The molecule has 0 radical (unpaired) electrons. The Morgan fingerprint density at radius 1 is 1.23 bits per heavy atom. The lowest BCUT2D eigenvalue weighted by molar-refractivity contribution is 0.0654. The smallest absolute Gasteiger partial charge is 0.256 e. The van der Waals surface area contributed by atoms with Crippen LogP contribution in [-0.2, 0) is 0 Å². The Hall–Kier alpha value is -2.20. The van der Waals surface area contributed by atoms with Crippen molar-refractivity contribution in [1.29, 1.82) is 0 Å². The maximum atomic E-state index is 12.7. The molecule has 3 rings (SSSR count). The largest absolute Gasteiger partial charge is 0.333 e. The molecule has 1 amide bonds. The minimum atomic E-state index is 0.0820. The number of piperazine rings is 1. The van der Waals surface area contributed by atoms with E-state index >= 15 is 0 Å². The fourth-order valence-corrected chi connectivity index (χ4v) is 2.85. The molecule has 1 N–H and O–H groups in total. The van der Waals surface area contributed by atoms with E-state index in [1.165, 1.54) is 0 Å². The number of amides is 1. The average Bonchev–Trinajstić information content (AvgIpc) is 2.55. The molecule has 2 aromatic rings. The third-order valence-electron chi connectivity index (χ3n) is 4.15. The van der Waals surface area contributed by atoms with E-state index in [1.807, 2.05) is 54.3 Å².